The standard InChI is InChI=1S/C17H21N3O2/c1-3-12(2)14-6-4-13(5-7-14)10-11-18-17(22)15-8-9-16(21)20-19-15/h4-9,12H,3,10-11H2,1-2H3,(H,18,22)(H,20,21). The number of H-pyrrole nitrogens is 1. The summed E-state index contributed by atoms with van der Waals surface area (Å²) in [5, 5.41) is 8.73. The topological polar surface area (TPSA) is 74.8 Å². The van der Waals surface area contributed by atoms with Gasteiger partial charge in [-0.05, 0) is 36.0 Å². The highest BCUT2D eigenvalue weighted by atomic mass is 16.2. The van der Waals surface area contributed by atoms with Crippen LogP contribution in [0.2, 0.25) is 0 Å². The van der Waals surface area contributed by atoms with Gasteiger partial charge < -0.3 is 5.32 Å². The van der Waals surface area contributed by atoms with Crippen LogP contribution >= 0.6 is 0 Å². The van der Waals surface area contributed by atoms with Gasteiger partial charge >= 0.3 is 0 Å². The zero-order valence-electron chi connectivity index (χ0n) is 12.9. The summed E-state index contributed by atoms with van der Waals surface area (Å²) in [4.78, 5) is 22.7. The van der Waals surface area contributed by atoms with Gasteiger partial charge in [0.25, 0.3) is 11.5 Å². The van der Waals surface area contributed by atoms with Crippen LogP contribution in [-0.4, -0.2) is 22.6 Å². The Bertz CT molecular complexity index is 657. The van der Waals surface area contributed by atoms with Crippen molar-refractivity contribution >= 4 is 5.91 Å². The van der Waals surface area contributed by atoms with E-state index in [0.717, 1.165) is 12.8 Å². The lowest BCUT2D eigenvalue weighted by Crippen LogP contribution is -2.27. The second-order valence-electron chi connectivity index (χ2n) is 5.36. The van der Waals surface area contributed by atoms with Crippen LogP contribution in [0.1, 0.15) is 47.8 Å². The van der Waals surface area contributed by atoms with E-state index < -0.39 is 0 Å². The predicted octanol–water partition coefficient (Wildman–Crippen LogP) is 2.26. The Balaban J connectivity index is 1.84. The van der Waals surface area contributed by atoms with Crippen LogP contribution in [0.4, 0.5) is 0 Å². The number of aromatic nitrogens is 2. The molecule has 0 saturated heterocycles. The molecule has 0 bridgehead atoms. The predicted molar refractivity (Wildman–Crippen MR) is 86.0 cm³/mol. The molecule has 0 aliphatic heterocycles. The van der Waals surface area contributed by atoms with Gasteiger partial charge in [-0.1, -0.05) is 38.1 Å². The third-order valence-corrected chi connectivity index (χ3v) is 3.77. The average molecular weight is 299 g/mol. The molecule has 116 valence electrons. The van der Waals surface area contributed by atoms with E-state index in [2.05, 4.69) is 53.6 Å². The molecule has 2 rings (SSSR count). The summed E-state index contributed by atoms with van der Waals surface area (Å²) < 4.78 is 0. The Hall–Kier alpha value is -2.43. The number of rotatable bonds is 6. The van der Waals surface area contributed by atoms with E-state index >= 15 is 0 Å². The number of nitrogens with zero attached hydrogens (tertiary/aromatic N) is 1. The van der Waals surface area contributed by atoms with E-state index in [0.29, 0.717) is 12.5 Å². The van der Waals surface area contributed by atoms with Crippen molar-refractivity contribution in [2.75, 3.05) is 6.54 Å². The zero-order valence-corrected chi connectivity index (χ0v) is 12.9. The van der Waals surface area contributed by atoms with Crippen LogP contribution in [0.15, 0.2) is 41.2 Å². The summed E-state index contributed by atoms with van der Waals surface area (Å²) in [6, 6.07) is 11.2. The summed E-state index contributed by atoms with van der Waals surface area (Å²) in [6.07, 6.45) is 1.89. The van der Waals surface area contributed by atoms with Crippen LogP contribution in [0, 0.1) is 0 Å². The van der Waals surface area contributed by atoms with E-state index in [1.165, 1.54) is 23.3 Å². The Kier molecular flexibility index (Phi) is 5.47. The quantitative estimate of drug-likeness (QED) is 0.859. The van der Waals surface area contributed by atoms with Gasteiger partial charge in [-0.2, -0.15) is 5.10 Å². The van der Waals surface area contributed by atoms with Gasteiger partial charge in [0.15, 0.2) is 0 Å². The summed E-state index contributed by atoms with van der Waals surface area (Å²) in [7, 11) is 0. The summed E-state index contributed by atoms with van der Waals surface area (Å²) >= 11 is 0. The number of aromatic amines is 1. The average Bonchev–Trinajstić information content (AvgIpc) is 2.55. The van der Waals surface area contributed by atoms with Crippen molar-refractivity contribution in [3.8, 4) is 0 Å². The Morgan fingerprint density at radius 3 is 2.55 bits per heavy atom. The first-order valence-electron chi connectivity index (χ1n) is 7.53. The number of hydrogen-bond acceptors (Lipinski definition) is 3. The number of nitrogens with one attached hydrogen (secondary N) is 2. The SMILES string of the molecule is CCC(C)c1ccc(CCNC(=O)c2ccc(=O)[nH]n2)cc1. The third kappa shape index (κ3) is 4.28. The fraction of sp³-hybridized carbons (Fsp3) is 0.353. The molecule has 0 saturated carbocycles. The molecule has 1 aromatic heterocycles. The minimum Gasteiger partial charge on any atom is -0.350 e. The first-order chi connectivity index (χ1) is 10.6. The largest absolute Gasteiger partial charge is 0.350 e. The van der Waals surface area contributed by atoms with E-state index in [-0.39, 0.29) is 17.2 Å². The van der Waals surface area contributed by atoms with Crippen molar-refractivity contribution in [2.24, 2.45) is 0 Å². The molecule has 2 aromatic rings. The van der Waals surface area contributed by atoms with Gasteiger partial charge in [0.2, 0.25) is 0 Å². The van der Waals surface area contributed by atoms with Crippen molar-refractivity contribution in [1.29, 1.82) is 0 Å². The maximum absolute atomic E-state index is 11.8. The van der Waals surface area contributed by atoms with E-state index in [9.17, 15) is 9.59 Å². The molecule has 1 aromatic carbocycles. The molecule has 5 heteroatoms. The van der Waals surface area contributed by atoms with E-state index in [4.69, 9.17) is 0 Å². The Morgan fingerprint density at radius 2 is 1.95 bits per heavy atom. The Labute approximate surface area is 129 Å². The van der Waals surface area contributed by atoms with Gasteiger partial charge in [-0.25, -0.2) is 5.10 Å². The highest BCUT2D eigenvalue weighted by Crippen LogP contribution is 2.18. The highest BCUT2D eigenvalue weighted by Gasteiger charge is 2.07. The molecule has 1 unspecified atom stereocenters. The maximum Gasteiger partial charge on any atom is 0.271 e. The molecule has 1 amide bonds. The van der Waals surface area contributed by atoms with Gasteiger partial charge in [-0.3, -0.25) is 9.59 Å². The van der Waals surface area contributed by atoms with Crippen molar-refractivity contribution in [3.63, 3.8) is 0 Å². The fourth-order valence-corrected chi connectivity index (χ4v) is 2.13. The minimum absolute atomic E-state index is 0.215. The van der Waals surface area contributed by atoms with Crippen molar-refractivity contribution in [2.45, 2.75) is 32.6 Å². The Morgan fingerprint density at radius 1 is 1.23 bits per heavy atom. The van der Waals surface area contributed by atoms with Gasteiger partial charge in [-0.15, -0.1) is 0 Å². The molecule has 0 aliphatic rings. The third-order valence-electron chi connectivity index (χ3n) is 3.77. The molecule has 22 heavy (non-hydrogen) atoms. The molecular weight excluding hydrogens is 278 g/mol. The van der Waals surface area contributed by atoms with Crippen molar-refractivity contribution in [3.05, 3.63) is 63.6 Å². The van der Waals surface area contributed by atoms with Crippen LogP contribution in [-0.2, 0) is 6.42 Å². The number of carbonyl (C=O) groups is 1. The highest BCUT2D eigenvalue weighted by molar-refractivity contribution is 5.91. The van der Waals surface area contributed by atoms with Crippen LogP contribution in [0.5, 0.6) is 0 Å². The minimum atomic E-state index is -0.321. The van der Waals surface area contributed by atoms with Crippen molar-refractivity contribution < 1.29 is 4.79 Å². The maximum atomic E-state index is 11.8. The summed E-state index contributed by atoms with van der Waals surface area (Å²) in [5.41, 5.74) is 2.42. The molecule has 5 nitrogen and oxygen atoms in total. The monoisotopic (exact) mass is 299 g/mol. The second kappa shape index (κ2) is 7.54. The number of hydrogen-bond donors (Lipinski definition) is 2. The van der Waals surface area contributed by atoms with Crippen molar-refractivity contribution in [1.82, 2.24) is 15.5 Å². The number of amides is 1. The van der Waals surface area contributed by atoms with E-state index in [1.54, 1.807) is 0 Å². The normalized spacial score (nSPS) is 11.9. The molecule has 1 heterocycles. The summed E-state index contributed by atoms with van der Waals surface area (Å²) in [6.45, 7) is 4.92. The molecule has 2 N–H and O–H groups in total. The van der Waals surface area contributed by atoms with Gasteiger partial charge in [0.05, 0.1) is 0 Å². The first-order valence-corrected chi connectivity index (χ1v) is 7.53. The second-order valence-corrected chi connectivity index (χ2v) is 5.36. The zero-order chi connectivity index (χ0) is 15.9. The molecule has 0 spiro atoms. The lowest BCUT2D eigenvalue weighted by atomic mass is 9.97. The fourth-order valence-electron chi connectivity index (χ4n) is 2.13. The van der Waals surface area contributed by atoms with Gasteiger partial charge in [0, 0.05) is 12.6 Å². The van der Waals surface area contributed by atoms with E-state index in [1.807, 2.05) is 0 Å². The molecule has 0 fully saturated rings. The smallest absolute Gasteiger partial charge is 0.271 e. The first kappa shape index (κ1) is 15.9. The van der Waals surface area contributed by atoms with Crippen LogP contribution < -0.4 is 10.9 Å². The number of carbonyl (C=O) groups excluding carboxylic acids is 1. The molecule has 0 radical (unpaired) electrons. The summed E-state index contributed by atoms with van der Waals surface area (Å²) in [5.74, 6) is 0.285. The van der Waals surface area contributed by atoms with Gasteiger partial charge in [0.1, 0.15) is 5.69 Å². The van der Waals surface area contributed by atoms with Crippen LogP contribution in [0.25, 0.3) is 0 Å². The molecule has 0 aliphatic carbocycles. The van der Waals surface area contributed by atoms with Crippen LogP contribution in [0.3, 0.4) is 0 Å². The lowest BCUT2D eigenvalue weighted by molar-refractivity contribution is 0.0948. The molecule has 1 atom stereocenters. The number of benzene rings is 1. The lowest BCUT2D eigenvalue weighted by Gasteiger charge is -2.10. The molecular formula is C17H21N3O2.